The van der Waals surface area contributed by atoms with E-state index in [9.17, 15) is 0 Å². The summed E-state index contributed by atoms with van der Waals surface area (Å²) < 4.78 is 0. The average Bonchev–Trinajstić information content (AvgIpc) is 2.15. The molecule has 2 heteroatoms. The van der Waals surface area contributed by atoms with Crippen molar-refractivity contribution in [3.63, 3.8) is 0 Å². The molecule has 1 rings (SSSR count). The molecule has 0 aliphatic carbocycles. The van der Waals surface area contributed by atoms with E-state index >= 15 is 0 Å². The van der Waals surface area contributed by atoms with Crippen LogP contribution >= 0.6 is 0 Å². The molecule has 0 atom stereocenters. The lowest BCUT2D eigenvalue weighted by atomic mass is 10.1. The molecule has 1 aromatic heterocycles. The fourth-order valence-electron chi connectivity index (χ4n) is 1.46. The van der Waals surface area contributed by atoms with Crippen molar-refractivity contribution >= 4 is 5.82 Å². The quantitative estimate of drug-likeness (QED) is 0.729. The van der Waals surface area contributed by atoms with E-state index in [-0.39, 0.29) is 0 Å². The molecule has 2 nitrogen and oxygen atoms in total. The van der Waals surface area contributed by atoms with Gasteiger partial charge in [-0.3, -0.25) is 0 Å². The summed E-state index contributed by atoms with van der Waals surface area (Å²) in [5, 5.41) is 0. The maximum absolute atomic E-state index is 4.55. The van der Waals surface area contributed by atoms with E-state index in [0.29, 0.717) is 0 Å². The van der Waals surface area contributed by atoms with E-state index in [1.165, 1.54) is 24.1 Å². The monoisotopic (exact) mass is 192 g/mol. The number of rotatable bonds is 4. The van der Waals surface area contributed by atoms with Crippen LogP contribution in [0.1, 0.15) is 31.0 Å². The van der Waals surface area contributed by atoms with Crippen molar-refractivity contribution in [2.45, 2.75) is 33.1 Å². The molecule has 78 valence electrons. The van der Waals surface area contributed by atoms with Crippen LogP contribution in [0.2, 0.25) is 0 Å². The number of unbranched alkanes of at least 4 members (excludes halogenated alkanes) is 1. The smallest absolute Gasteiger partial charge is 0.128 e. The first-order chi connectivity index (χ1) is 6.65. The zero-order valence-electron chi connectivity index (χ0n) is 9.67. The molecule has 0 saturated heterocycles. The van der Waals surface area contributed by atoms with Gasteiger partial charge in [-0.05, 0) is 31.4 Å². The van der Waals surface area contributed by atoms with Crippen LogP contribution in [0.25, 0.3) is 0 Å². The van der Waals surface area contributed by atoms with Gasteiger partial charge in [-0.2, -0.15) is 0 Å². The number of anilines is 1. The summed E-state index contributed by atoms with van der Waals surface area (Å²) in [5.41, 5.74) is 2.56. The number of hydrogen-bond donors (Lipinski definition) is 0. The van der Waals surface area contributed by atoms with Crippen molar-refractivity contribution in [1.82, 2.24) is 4.98 Å². The molecular formula is C12H20N2. The molecule has 0 amide bonds. The first-order valence-corrected chi connectivity index (χ1v) is 5.29. The van der Waals surface area contributed by atoms with Crippen molar-refractivity contribution in [1.29, 1.82) is 0 Å². The maximum Gasteiger partial charge on any atom is 0.128 e. The van der Waals surface area contributed by atoms with E-state index in [1.54, 1.807) is 0 Å². The molecule has 0 fully saturated rings. The third kappa shape index (κ3) is 2.72. The van der Waals surface area contributed by atoms with Crippen LogP contribution in [0.5, 0.6) is 0 Å². The fraction of sp³-hybridized carbons (Fsp3) is 0.583. The Kier molecular flexibility index (Phi) is 3.93. The van der Waals surface area contributed by atoms with Gasteiger partial charge in [0, 0.05) is 19.8 Å². The number of aromatic nitrogens is 1. The Morgan fingerprint density at radius 1 is 1.29 bits per heavy atom. The van der Waals surface area contributed by atoms with E-state index < -0.39 is 0 Å². The maximum atomic E-state index is 4.55. The highest BCUT2D eigenvalue weighted by molar-refractivity contribution is 5.39. The van der Waals surface area contributed by atoms with Gasteiger partial charge in [-0.25, -0.2) is 4.98 Å². The molecule has 14 heavy (non-hydrogen) atoms. The van der Waals surface area contributed by atoms with Crippen LogP contribution < -0.4 is 4.90 Å². The first kappa shape index (κ1) is 11.0. The first-order valence-electron chi connectivity index (χ1n) is 5.29. The van der Waals surface area contributed by atoms with Crippen molar-refractivity contribution < 1.29 is 0 Å². The number of hydrogen-bond acceptors (Lipinski definition) is 2. The van der Waals surface area contributed by atoms with E-state index in [0.717, 1.165) is 12.2 Å². The average molecular weight is 192 g/mol. The molecule has 1 aromatic rings. The van der Waals surface area contributed by atoms with E-state index in [1.807, 2.05) is 19.0 Å². The van der Waals surface area contributed by atoms with Gasteiger partial charge in [0.1, 0.15) is 5.82 Å². The SMILES string of the molecule is CCCCc1ccc(N(C)C)nc1C. The Bertz CT molecular complexity index is 292. The van der Waals surface area contributed by atoms with Gasteiger partial charge in [0.05, 0.1) is 0 Å². The second-order valence-corrected chi connectivity index (χ2v) is 3.91. The lowest BCUT2D eigenvalue weighted by Crippen LogP contribution is -2.11. The standard InChI is InChI=1S/C12H20N2/c1-5-6-7-11-8-9-12(14(3)4)13-10(11)2/h8-9H,5-7H2,1-4H3. The molecule has 1 heterocycles. The molecule has 0 aliphatic heterocycles. The Balaban J connectivity index is 2.79. The summed E-state index contributed by atoms with van der Waals surface area (Å²) in [5.74, 6) is 1.04. The van der Waals surface area contributed by atoms with Crippen LogP contribution in [0.3, 0.4) is 0 Å². The summed E-state index contributed by atoms with van der Waals surface area (Å²) in [6.45, 7) is 4.31. The van der Waals surface area contributed by atoms with Crippen molar-refractivity contribution in [3.05, 3.63) is 23.4 Å². The molecule has 0 aliphatic rings. The van der Waals surface area contributed by atoms with E-state index in [4.69, 9.17) is 0 Å². The van der Waals surface area contributed by atoms with Crippen LogP contribution in [-0.2, 0) is 6.42 Å². The Hall–Kier alpha value is -1.05. The molecule has 0 radical (unpaired) electrons. The highest BCUT2D eigenvalue weighted by Gasteiger charge is 2.02. The third-order valence-corrected chi connectivity index (χ3v) is 2.44. The van der Waals surface area contributed by atoms with Crippen molar-refractivity contribution in [3.8, 4) is 0 Å². The van der Waals surface area contributed by atoms with Crippen LogP contribution in [-0.4, -0.2) is 19.1 Å². The lowest BCUT2D eigenvalue weighted by Gasteiger charge is -2.13. The van der Waals surface area contributed by atoms with Gasteiger partial charge < -0.3 is 4.90 Å². The van der Waals surface area contributed by atoms with Gasteiger partial charge in [0.2, 0.25) is 0 Å². The normalized spacial score (nSPS) is 10.3. The molecule has 0 N–H and O–H groups in total. The minimum absolute atomic E-state index is 1.04. The molecule has 0 saturated carbocycles. The van der Waals surface area contributed by atoms with Gasteiger partial charge in [0.15, 0.2) is 0 Å². The van der Waals surface area contributed by atoms with Gasteiger partial charge >= 0.3 is 0 Å². The second-order valence-electron chi connectivity index (χ2n) is 3.91. The third-order valence-electron chi connectivity index (χ3n) is 2.44. The zero-order chi connectivity index (χ0) is 10.6. The largest absolute Gasteiger partial charge is 0.363 e. The molecule has 0 bridgehead atoms. The van der Waals surface area contributed by atoms with Crippen LogP contribution in [0.4, 0.5) is 5.82 Å². The van der Waals surface area contributed by atoms with Crippen LogP contribution in [0.15, 0.2) is 12.1 Å². The minimum atomic E-state index is 1.04. The number of nitrogens with zero attached hydrogens (tertiary/aromatic N) is 2. The molecule has 0 aromatic carbocycles. The number of pyridine rings is 1. The van der Waals surface area contributed by atoms with Crippen LogP contribution in [0, 0.1) is 6.92 Å². The zero-order valence-corrected chi connectivity index (χ0v) is 9.67. The van der Waals surface area contributed by atoms with Gasteiger partial charge in [0.25, 0.3) is 0 Å². The van der Waals surface area contributed by atoms with Gasteiger partial charge in [-0.15, -0.1) is 0 Å². The Labute approximate surface area is 87.0 Å². The summed E-state index contributed by atoms with van der Waals surface area (Å²) in [7, 11) is 4.04. The topological polar surface area (TPSA) is 16.1 Å². The Morgan fingerprint density at radius 2 is 2.00 bits per heavy atom. The molecule has 0 spiro atoms. The predicted molar refractivity (Wildman–Crippen MR) is 61.9 cm³/mol. The lowest BCUT2D eigenvalue weighted by molar-refractivity contribution is 0.786. The molecule has 0 unspecified atom stereocenters. The number of aryl methyl sites for hydroxylation is 2. The molecular weight excluding hydrogens is 172 g/mol. The predicted octanol–water partition coefficient (Wildman–Crippen LogP) is 2.80. The summed E-state index contributed by atoms with van der Waals surface area (Å²) >= 11 is 0. The van der Waals surface area contributed by atoms with Crippen molar-refractivity contribution in [2.24, 2.45) is 0 Å². The fourth-order valence-corrected chi connectivity index (χ4v) is 1.46. The highest BCUT2D eigenvalue weighted by Crippen LogP contribution is 2.14. The summed E-state index contributed by atoms with van der Waals surface area (Å²) in [6.07, 6.45) is 3.65. The van der Waals surface area contributed by atoms with Crippen molar-refractivity contribution in [2.75, 3.05) is 19.0 Å². The highest BCUT2D eigenvalue weighted by atomic mass is 15.1. The summed E-state index contributed by atoms with van der Waals surface area (Å²) in [6, 6.07) is 4.30. The summed E-state index contributed by atoms with van der Waals surface area (Å²) in [4.78, 5) is 6.59. The minimum Gasteiger partial charge on any atom is -0.363 e. The second kappa shape index (κ2) is 4.99. The Morgan fingerprint density at radius 3 is 2.50 bits per heavy atom. The van der Waals surface area contributed by atoms with Gasteiger partial charge in [-0.1, -0.05) is 19.4 Å². The van der Waals surface area contributed by atoms with E-state index in [2.05, 4.69) is 31.0 Å².